The summed E-state index contributed by atoms with van der Waals surface area (Å²) in [4.78, 5) is 10.6. The molecule has 2 fully saturated rings. The second-order valence-corrected chi connectivity index (χ2v) is 6.10. The Morgan fingerprint density at radius 1 is 1.40 bits per heavy atom. The van der Waals surface area contributed by atoms with Crippen LogP contribution in [0.1, 0.15) is 32.1 Å². The van der Waals surface area contributed by atoms with Gasteiger partial charge in [0, 0.05) is 22.9 Å². The van der Waals surface area contributed by atoms with Crippen molar-refractivity contribution >= 4 is 17.3 Å². The van der Waals surface area contributed by atoms with Crippen LogP contribution in [0.3, 0.4) is 0 Å². The lowest BCUT2D eigenvalue weighted by Crippen LogP contribution is -2.58. The van der Waals surface area contributed by atoms with Crippen molar-refractivity contribution in [2.75, 3.05) is 0 Å². The molecule has 1 N–H and O–H groups in total. The second-order valence-electron chi connectivity index (χ2n) is 5.67. The summed E-state index contributed by atoms with van der Waals surface area (Å²) in [7, 11) is 0. The van der Waals surface area contributed by atoms with Crippen molar-refractivity contribution in [1.29, 1.82) is 0 Å². The van der Waals surface area contributed by atoms with E-state index in [0.717, 1.165) is 25.7 Å². The lowest BCUT2D eigenvalue weighted by molar-refractivity contribution is -0.386. The summed E-state index contributed by atoms with van der Waals surface area (Å²) in [5.41, 5.74) is -0.319. The van der Waals surface area contributed by atoms with E-state index in [-0.39, 0.29) is 29.1 Å². The van der Waals surface area contributed by atoms with Gasteiger partial charge in [0.1, 0.15) is 6.10 Å². The molecular weight excluding hydrogens is 282 g/mol. The number of nitrogens with zero attached hydrogens (tertiary/aromatic N) is 1. The Balaban J connectivity index is 1.84. The van der Waals surface area contributed by atoms with E-state index in [2.05, 4.69) is 0 Å². The standard InChI is InChI=1S/C14H16ClNO4/c15-9-3-4-11(10(7-9)16(18)19)20-13-8-12(17)14(13)5-1-2-6-14/h3-4,7,12-13,17H,1-2,5-6,8H2. The van der Waals surface area contributed by atoms with Crippen LogP contribution in [0.4, 0.5) is 5.69 Å². The molecule has 0 amide bonds. The Morgan fingerprint density at radius 2 is 2.10 bits per heavy atom. The number of halogens is 1. The van der Waals surface area contributed by atoms with Gasteiger partial charge in [-0.15, -0.1) is 0 Å². The van der Waals surface area contributed by atoms with Gasteiger partial charge in [0.15, 0.2) is 5.75 Å². The van der Waals surface area contributed by atoms with Crippen LogP contribution < -0.4 is 4.74 Å². The van der Waals surface area contributed by atoms with E-state index in [1.165, 1.54) is 12.1 Å². The predicted molar refractivity (Wildman–Crippen MR) is 74.0 cm³/mol. The average Bonchev–Trinajstić information content (AvgIpc) is 2.92. The summed E-state index contributed by atoms with van der Waals surface area (Å²) in [6.07, 6.45) is 4.08. The smallest absolute Gasteiger partial charge is 0.312 e. The van der Waals surface area contributed by atoms with Crippen LogP contribution in [-0.4, -0.2) is 22.2 Å². The van der Waals surface area contributed by atoms with Gasteiger partial charge in [-0.1, -0.05) is 24.4 Å². The van der Waals surface area contributed by atoms with Crippen LogP contribution in [0.2, 0.25) is 5.02 Å². The molecule has 1 aromatic rings. The SMILES string of the molecule is O=[N+]([O-])c1cc(Cl)ccc1OC1CC(O)C12CCCC2. The minimum atomic E-state index is -0.488. The van der Waals surface area contributed by atoms with Gasteiger partial charge in [0.25, 0.3) is 0 Å². The molecule has 20 heavy (non-hydrogen) atoms. The van der Waals surface area contributed by atoms with Gasteiger partial charge in [-0.05, 0) is 25.0 Å². The molecule has 1 spiro atoms. The van der Waals surface area contributed by atoms with Crippen LogP contribution >= 0.6 is 11.6 Å². The van der Waals surface area contributed by atoms with E-state index in [1.54, 1.807) is 6.07 Å². The molecule has 2 aliphatic carbocycles. The zero-order valence-corrected chi connectivity index (χ0v) is 11.7. The monoisotopic (exact) mass is 297 g/mol. The third-order valence-corrected chi connectivity index (χ3v) is 4.90. The van der Waals surface area contributed by atoms with Crippen LogP contribution in [0.25, 0.3) is 0 Å². The number of ether oxygens (including phenoxy) is 1. The van der Waals surface area contributed by atoms with Crippen molar-refractivity contribution in [2.45, 2.75) is 44.3 Å². The third-order valence-electron chi connectivity index (χ3n) is 4.66. The van der Waals surface area contributed by atoms with Crippen molar-refractivity contribution in [2.24, 2.45) is 5.41 Å². The molecule has 108 valence electrons. The molecule has 5 nitrogen and oxygen atoms in total. The van der Waals surface area contributed by atoms with Gasteiger partial charge >= 0.3 is 5.69 Å². The highest BCUT2D eigenvalue weighted by atomic mass is 35.5. The molecule has 0 saturated heterocycles. The molecule has 0 heterocycles. The van der Waals surface area contributed by atoms with E-state index in [0.29, 0.717) is 11.4 Å². The maximum Gasteiger partial charge on any atom is 0.312 e. The molecule has 0 radical (unpaired) electrons. The Morgan fingerprint density at radius 3 is 2.70 bits per heavy atom. The van der Waals surface area contributed by atoms with E-state index < -0.39 is 4.92 Å². The minimum Gasteiger partial charge on any atom is -0.483 e. The van der Waals surface area contributed by atoms with E-state index in [1.807, 2.05) is 0 Å². The Kier molecular flexibility index (Phi) is 3.34. The number of nitro groups is 1. The zero-order valence-electron chi connectivity index (χ0n) is 10.9. The molecule has 0 bridgehead atoms. The topological polar surface area (TPSA) is 72.6 Å². The highest BCUT2D eigenvalue weighted by Gasteiger charge is 2.57. The Hall–Kier alpha value is -1.33. The summed E-state index contributed by atoms with van der Waals surface area (Å²) in [6, 6.07) is 4.42. The molecule has 3 rings (SSSR count). The van der Waals surface area contributed by atoms with Gasteiger partial charge in [0.2, 0.25) is 0 Å². The Bertz CT molecular complexity index is 542. The fourth-order valence-corrected chi connectivity index (χ4v) is 3.63. The summed E-state index contributed by atoms with van der Waals surface area (Å²) in [6.45, 7) is 0. The van der Waals surface area contributed by atoms with Gasteiger partial charge in [-0.2, -0.15) is 0 Å². The van der Waals surface area contributed by atoms with Crippen molar-refractivity contribution in [3.63, 3.8) is 0 Å². The first-order chi connectivity index (χ1) is 9.53. The fourth-order valence-electron chi connectivity index (χ4n) is 3.47. The van der Waals surface area contributed by atoms with E-state index in [4.69, 9.17) is 16.3 Å². The summed E-state index contributed by atoms with van der Waals surface area (Å²) in [5.74, 6) is 0.238. The molecule has 2 aliphatic rings. The number of benzene rings is 1. The highest BCUT2D eigenvalue weighted by Crippen LogP contribution is 2.55. The van der Waals surface area contributed by atoms with Gasteiger partial charge in [-0.3, -0.25) is 10.1 Å². The average molecular weight is 298 g/mol. The van der Waals surface area contributed by atoms with E-state index >= 15 is 0 Å². The van der Waals surface area contributed by atoms with Gasteiger partial charge in [-0.25, -0.2) is 0 Å². The molecular formula is C14H16ClNO4. The van der Waals surface area contributed by atoms with Gasteiger partial charge in [0.05, 0.1) is 11.0 Å². The summed E-state index contributed by atoms with van der Waals surface area (Å²) >= 11 is 5.79. The minimum absolute atomic E-state index is 0.118. The molecule has 6 heteroatoms. The molecule has 0 aromatic heterocycles. The van der Waals surface area contributed by atoms with Crippen molar-refractivity contribution in [3.8, 4) is 5.75 Å². The van der Waals surface area contributed by atoms with Gasteiger partial charge < -0.3 is 9.84 Å². The van der Waals surface area contributed by atoms with E-state index in [9.17, 15) is 15.2 Å². The summed E-state index contributed by atoms with van der Waals surface area (Å²) < 4.78 is 5.85. The normalized spacial score (nSPS) is 27.3. The first kappa shape index (κ1) is 13.6. The number of hydrogen-bond donors (Lipinski definition) is 1. The van der Waals surface area contributed by atoms with Crippen molar-refractivity contribution in [3.05, 3.63) is 33.3 Å². The molecule has 2 atom stereocenters. The molecule has 2 unspecified atom stereocenters. The first-order valence-electron chi connectivity index (χ1n) is 6.81. The predicted octanol–water partition coefficient (Wildman–Crippen LogP) is 3.32. The maximum atomic E-state index is 11.1. The largest absolute Gasteiger partial charge is 0.483 e. The van der Waals surface area contributed by atoms with Crippen molar-refractivity contribution < 1.29 is 14.8 Å². The number of aliphatic hydroxyl groups is 1. The maximum absolute atomic E-state index is 11.1. The highest BCUT2D eigenvalue weighted by molar-refractivity contribution is 6.30. The molecule has 2 saturated carbocycles. The summed E-state index contributed by atoms with van der Waals surface area (Å²) in [5, 5.41) is 21.4. The zero-order chi connectivity index (χ0) is 14.3. The Labute approximate surface area is 121 Å². The van der Waals surface area contributed by atoms with Crippen molar-refractivity contribution in [1.82, 2.24) is 0 Å². The second kappa shape index (κ2) is 4.90. The first-order valence-corrected chi connectivity index (χ1v) is 7.19. The quantitative estimate of drug-likeness (QED) is 0.686. The molecule has 1 aromatic carbocycles. The van der Waals surface area contributed by atoms with Crippen LogP contribution in [-0.2, 0) is 0 Å². The fraction of sp³-hybridized carbons (Fsp3) is 0.571. The lowest BCUT2D eigenvalue weighted by Gasteiger charge is -2.50. The van der Waals surface area contributed by atoms with Crippen LogP contribution in [0, 0.1) is 15.5 Å². The number of nitro benzene ring substituents is 1. The lowest BCUT2D eigenvalue weighted by atomic mass is 9.62. The number of hydrogen-bond acceptors (Lipinski definition) is 4. The van der Waals surface area contributed by atoms with Crippen LogP contribution in [0.15, 0.2) is 18.2 Å². The number of rotatable bonds is 3. The van der Waals surface area contributed by atoms with Crippen LogP contribution in [0.5, 0.6) is 5.75 Å². The molecule has 0 aliphatic heterocycles. The third kappa shape index (κ3) is 2.05. The number of aliphatic hydroxyl groups excluding tert-OH is 1.